The topological polar surface area (TPSA) is 85.1 Å². The van der Waals surface area contributed by atoms with Crippen molar-refractivity contribution in [1.82, 2.24) is 15.5 Å². The summed E-state index contributed by atoms with van der Waals surface area (Å²) in [5.74, 6) is 0.340. The highest BCUT2D eigenvalue weighted by Crippen LogP contribution is 2.24. The highest BCUT2D eigenvalue weighted by atomic mass is 32.2. The van der Waals surface area contributed by atoms with Crippen molar-refractivity contribution in [1.29, 1.82) is 0 Å². The van der Waals surface area contributed by atoms with E-state index in [0.29, 0.717) is 5.89 Å². The lowest BCUT2D eigenvalue weighted by molar-refractivity contribution is 0.424. The van der Waals surface area contributed by atoms with Gasteiger partial charge < -0.3 is 9.84 Å². The Hall–Kier alpha value is -1.73. The van der Waals surface area contributed by atoms with Crippen LogP contribution in [0, 0.1) is 0 Å². The molecule has 2 aromatic rings. The summed E-state index contributed by atoms with van der Waals surface area (Å²) in [5, 5.41) is 6.95. The largest absolute Gasteiger partial charge is 0.334 e. The van der Waals surface area contributed by atoms with E-state index in [9.17, 15) is 8.42 Å². The lowest BCUT2D eigenvalue weighted by Crippen LogP contribution is -2.02. The van der Waals surface area contributed by atoms with Gasteiger partial charge in [-0.1, -0.05) is 11.2 Å². The van der Waals surface area contributed by atoms with Crippen LogP contribution in [0.3, 0.4) is 0 Å². The monoisotopic (exact) mass is 279 g/mol. The third kappa shape index (κ3) is 2.66. The quantitative estimate of drug-likeness (QED) is 0.898. The zero-order chi connectivity index (χ0) is 13.5. The molecule has 2 heterocycles. The molecule has 0 amide bonds. The molecule has 1 aromatic heterocycles. The molecule has 1 aromatic carbocycles. The summed E-state index contributed by atoms with van der Waals surface area (Å²) in [6, 6.07) is 5.92. The zero-order valence-electron chi connectivity index (χ0n) is 10.4. The van der Waals surface area contributed by atoms with Crippen LogP contribution >= 0.6 is 0 Å². The van der Waals surface area contributed by atoms with Crippen LogP contribution in [-0.2, 0) is 28.7 Å². The molecule has 0 atom stereocenters. The first-order valence-corrected chi connectivity index (χ1v) is 7.90. The number of hydrogen-bond donors (Lipinski definition) is 1. The third-order valence-corrected chi connectivity index (χ3v) is 3.73. The van der Waals surface area contributed by atoms with E-state index in [1.165, 1.54) is 11.1 Å². The number of fused-ring (bicyclic) bond motifs is 1. The van der Waals surface area contributed by atoms with Crippen molar-refractivity contribution in [3.05, 3.63) is 35.2 Å². The van der Waals surface area contributed by atoms with Crippen LogP contribution in [0.4, 0.5) is 0 Å². The number of nitrogens with zero attached hydrogens (tertiary/aromatic N) is 2. The van der Waals surface area contributed by atoms with E-state index in [1.807, 2.05) is 18.2 Å². The van der Waals surface area contributed by atoms with Crippen LogP contribution in [0.2, 0.25) is 0 Å². The van der Waals surface area contributed by atoms with E-state index in [2.05, 4.69) is 15.5 Å². The van der Waals surface area contributed by atoms with Crippen molar-refractivity contribution >= 4 is 9.84 Å². The van der Waals surface area contributed by atoms with Gasteiger partial charge in [-0.15, -0.1) is 0 Å². The van der Waals surface area contributed by atoms with E-state index >= 15 is 0 Å². The molecule has 0 unspecified atom stereocenters. The second kappa shape index (κ2) is 4.43. The van der Waals surface area contributed by atoms with Gasteiger partial charge in [-0.05, 0) is 23.3 Å². The van der Waals surface area contributed by atoms with Crippen molar-refractivity contribution in [3.63, 3.8) is 0 Å². The SMILES string of the molecule is CS(=O)(=O)Cc1noc(-c2ccc3c(c2)CNC3)n1. The van der Waals surface area contributed by atoms with Crippen molar-refractivity contribution < 1.29 is 12.9 Å². The molecule has 19 heavy (non-hydrogen) atoms. The van der Waals surface area contributed by atoms with Crippen LogP contribution in [0.25, 0.3) is 11.5 Å². The van der Waals surface area contributed by atoms with Gasteiger partial charge in [0, 0.05) is 24.9 Å². The average molecular weight is 279 g/mol. The third-order valence-electron chi connectivity index (χ3n) is 2.94. The standard InChI is InChI=1S/C12H13N3O3S/c1-19(16,17)7-11-14-12(18-15-11)8-2-3-9-5-13-6-10(9)4-8/h2-4,13H,5-7H2,1H3. The number of nitrogens with one attached hydrogen (secondary N) is 1. The van der Waals surface area contributed by atoms with Gasteiger partial charge in [-0.3, -0.25) is 0 Å². The summed E-state index contributed by atoms with van der Waals surface area (Å²) in [5.41, 5.74) is 3.29. The molecule has 7 heteroatoms. The molecule has 6 nitrogen and oxygen atoms in total. The predicted molar refractivity (Wildman–Crippen MR) is 68.8 cm³/mol. The van der Waals surface area contributed by atoms with Crippen LogP contribution in [0.15, 0.2) is 22.7 Å². The molecule has 0 saturated carbocycles. The summed E-state index contributed by atoms with van der Waals surface area (Å²) in [6.07, 6.45) is 1.14. The van der Waals surface area contributed by atoms with Crippen LogP contribution in [-0.4, -0.2) is 24.8 Å². The minimum atomic E-state index is -3.15. The minimum Gasteiger partial charge on any atom is -0.334 e. The van der Waals surface area contributed by atoms with Gasteiger partial charge in [0.25, 0.3) is 5.89 Å². The summed E-state index contributed by atoms with van der Waals surface area (Å²) in [6.45, 7) is 1.70. The average Bonchev–Trinajstić information content (AvgIpc) is 2.93. The van der Waals surface area contributed by atoms with Gasteiger partial charge in [-0.25, -0.2) is 8.42 Å². The molecule has 0 fully saturated rings. The van der Waals surface area contributed by atoms with Crippen molar-refractivity contribution in [2.24, 2.45) is 0 Å². The molecule has 0 aliphatic carbocycles. The lowest BCUT2D eigenvalue weighted by Gasteiger charge is -1.99. The van der Waals surface area contributed by atoms with Gasteiger partial charge in [0.05, 0.1) is 0 Å². The second-order valence-corrected chi connectivity index (χ2v) is 6.81. The number of aromatic nitrogens is 2. The molecule has 0 saturated heterocycles. The highest BCUT2D eigenvalue weighted by molar-refractivity contribution is 7.89. The molecule has 3 rings (SSSR count). The molecule has 100 valence electrons. The number of sulfone groups is 1. The molecule has 0 spiro atoms. The van der Waals surface area contributed by atoms with Crippen molar-refractivity contribution in [2.75, 3.05) is 6.26 Å². The smallest absolute Gasteiger partial charge is 0.257 e. The Morgan fingerprint density at radius 1 is 1.32 bits per heavy atom. The molecular formula is C12H13N3O3S. The Kier molecular flexibility index (Phi) is 2.87. The van der Waals surface area contributed by atoms with E-state index in [-0.39, 0.29) is 11.6 Å². The zero-order valence-corrected chi connectivity index (χ0v) is 11.2. The van der Waals surface area contributed by atoms with Gasteiger partial charge in [-0.2, -0.15) is 4.98 Å². The van der Waals surface area contributed by atoms with Gasteiger partial charge in [0.15, 0.2) is 15.7 Å². The first kappa shape index (κ1) is 12.3. The summed E-state index contributed by atoms with van der Waals surface area (Å²) >= 11 is 0. The fourth-order valence-electron chi connectivity index (χ4n) is 2.09. The number of benzene rings is 1. The molecule has 1 N–H and O–H groups in total. The Bertz CT molecular complexity index is 722. The maximum absolute atomic E-state index is 11.2. The van der Waals surface area contributed by atoms with Crippen molar-refractivity contribution in [3.8, 4) is 11.5 Å². The summed E-state index contributed by atoms with van der Waals surface area (Å²) in [7, 11) is -3.15. The minimum absolute atomic E-state index is 0.191. The number of rotatable bonds is 3. The van der Waals surface area contributed by atoms with E-state index in [4.69, 9.17) is 4.52 Å². The highest BCUT2D eigenvalue weighted by Gasteiger charge is 2.16. The van der Waals surface area contributed by atoms with Crippen LogP contribution < -0.4 is 5.32 Å². The summed E-state index contributed by atoms with van der Waals surface area (Å²) < 4.78 is 27.5. The first-order chi connectivity index (χ1) is 9.01. The van der Waals surface area contributed by atoms with Crippen molar-refractivity contribution in [2.45, 2.75) is 18.8 Å². The van der Waals surface area contributed by atoms with Gasteiger partial charge >= 0.3 is 0 Å². The first-order valence-electron chi connectivity index (χ1n) is 5.84. The maximum atomic E-state index is 11.2. The second-order valence-electron chi connectivity index (χ2n) is 4.67. The van der Waals surface area contributed by atoms with Crippen LogP contribution in [0.1, 0.15) is 17.0 Å². The predicted octanol–water partition coefficient (Wildman–Crippen LogP) is 0.884. The summed E-state index contributed by atoms with van der Waals surface area (Å²) in [4.78, 5) is 4.11. The van der Waals surface area contributed by atoms with Gasteiger partial charge in [0.2, 0.25) is 0 Å². The molecule has 1 aliphatic heterocycles. The Morgan fingerprint density at radius 2 is 2.11 bits per heavy atom. The van der Waals surface area contributed by atoms with Crippen LogP contribution in [0.5, 0.6) is 0 Å². The molecule has 0 bridgehead atoms. The normalized spacial score (nSPS) is 14.6. The Balaban J connectivity index is 1.90. The fourth-order valence-corrected chi connectivity index (χ4v) is 2.68. The number of hydrogen-bond acceptors (Lipinski definition) is 6. The molecule has 1 aliphatic rings. The van der Waals surface area contributed by atoms with Gasteiger partial charge in [0.1, 0.15) is 5.75 Å². The molecular weight excluding hydrogens is 266 g/mol. The van der Waals surface area contributed by atoms with E-state index in [1.54, 1.807) is 0 Å². The van der Waals surface area contributed by atoms with E-state index < -0.39 is 9.84 Å². The Labute approximate surface area is 110 Å². The maximum Gasteiger partial charge on any atom is 0.257 e. The van der Waals surface area contributed by atoms with E-state index in [0.717, 1.165) is 24.9 Å². The molecule has 0 radical (unpaired) electrons. The fraction of sp³-hybridized carbons (Fsp3) is 0.333. The Morgan fingerprint density at radius 3 is 2.89 bits per heavy atom. The lowest BCUT2D eigenvalue weighted by atomic mass is 10.1.